The minimum atomic E-state index is 0.654. The van der Waals surface area contributed by atoms with Crippen LogP contribution in [0.25, 0.3) is 0 Å². The fraction of sp³-hybridized carbons (Fsp3) is 0.538. The molecule has 1 saturated heterocycles. The van der Waals surface area contributed by atoms with Gasteiger partial charge in [-0.15, -0.1) is 0 Å². The highest BCUT2D eigenvalue weighted by molar-refractivity contribution is 6.30. The third-order valence-corrected chi connectivity index (χ3v) is 3.40. The zero-order chi connectivity index (χ0) is 11.4. The third kappa shape index (κ3) is 3.21. The molecule has 16 heavy (non-hydrogen) atoms. The maximum absolute atomic E-state index is 5.88. The molecule has 1 fully saturated rings. The van der Waals surface area contributed by atoms with Gasteiger partial charge in [0.25, 0.3) is 0 Å². The molecule has 1 aliphatic rings. The Morgan fingerprint density at radius 3 is 2.81 bits per heavy atom. The first-order chi connectivity index (χ1) is 7.78. The van der Waals surface area contributed by atoms with Gasteiger partial charge in [0.1, 0.15) is 0 Å². The molecule has 0 bridgehead atoms. The van der Waals surface area contributed by atoms with Crippen molar-refractivity contribution in [2.75, 3.05) is 19.6 Å². The van der Waals surface area contributed by atoms with Crippen LogP contribution in [0.4, 0.5) is 0 Å². The lowest BCUT2D eigenvalue weighted by Crippen LogP contribution is -2.49. The molecule has 2 nitrogen and oxygen atoms in total. The summed E-state index contributed by atoms with van der Waals surface area (Å²) in [5.41, 5.74) is 1.35. The number of hydrogen-bond donors (Lipinski definition) is 1. The number of nitrogens with zero attached hydrogens (tertiary/aromatic N) is 1. The van der Waals surface area contributed by atoms with Crippen LogP contribution in [-0.4, -0.2) is 30.6 Å². The SMILES string of the molecule is CCC1CN(Cc2ccc(Cl)cc2)CCN1. The van der Waals surface area contributed by atoms with Gasteiger partial charge in [-0.2, -0.15) is 0 Å². The summed E-state index contributed by atoms with van der Waals surface area (Å²) in [7, 11) is 0. The Balaban J connectivity index is 1.91. The molecule has 0 aliphatic carbocycles. The third-order valence-electron chi connectivity index (χ3n) is 3.15. The fourth-order valence-electron chi connectivity index (χ4n) is 2.16. The van der Waals surface area contributed by atoms with E-state index in [9.17, 15) is 0 Å². The predicted octanol–water partition coefficient (Wildman–Crippen LogP) is 2.52. The van der Waals surface area contributed by atoms with E-state index in [1.54, 1.807) is 0 Å². The van der Waals surface area contributed by atoms with Crippen molar-refractivity contribution >= 4 is 11.6 Å². The fourth-order valence-corrected chi connectivity index (χ4v) is 2.29. The normalized spacial score (nSPS) is 22.2. The molecule has 1 atom stereocenters. The minimum absolute atomic E-state index is 0.654. The van der Waals surface area contributed by atoms with Crippen molar-refractivity contribution in [2.24, 2.45) is 0 Å². The molecule has 0 radical (unpaired) electrons. The molecule has 0 saturated carbocycles. The molecule has 1 unspecified atom stereocenters. The van der Waals surface area contributed by atoms with E-state index < -0.39 is 0 Å². The summed E-state index contributed by atoms with van der Waals surface area (Å²) < 4.78 is 0. The first kappa shape index (κ1) is 11.9. The van der Waals surface area contributed by atoms with Crippen LogP contribution in [0, 0.1) is 0 Å². The van der Waals surface area contributed by atoms with E-state index in [1.807, 2.05) is 12.1 Å². The first-order valence-corrected chi connectivity index (χ1v) is 6.36. The number of benzene rings is 1. The van der Waals surface area contributed by atoms with Crippen molar-refractivity contribution in [2.45, 2.75) is 25.9 Å². The van der Waals surface area contributed by atoms with Gasteiger partial charge in [-0.25, -0.2) is 0 Å². The lowest BCUT2D eigenvalue weighted by molar-refractivity contribution is 0.190. The van der Waals surface area contributed by atoms with Gasteiger partial charge in [0, 0.05) is 37.2 Å². The topological polar surface area (TPSA) is 15.3 Å². The largest absolute Gasteiger partial charge is 0.311 e. The van der Waals surface area contributed by atoms with Crippen molar-refractivity contribution in [3.05, 3.63) is 34.9 Å². The zero-order valence-electron chi connectivity index (χ0n) is 9.75. The molecule has 1 N–H and O–H groups in total. The summed E-state index contributed by atoms with van der Waals surface area (Å²) in [6.45, 7) is 6.67. The summed E-state index contributed by atoms with van der Waals surface area (Å²) >= 11 is 5.88. The maximum Gasteiger partial charge on any atom is 0.0406 e. The van der Waals surface area contributed by atoms with Crippen LogP contribution in [0.3, 0.4) is 0 Å². The van der Waals surface area contributed by atoms with Gasteiger partial charge < -0.3 is 5.32 Å². The van der Waals surface area contributed by atoms with Gasteiger partial charge >= 0.3 is 0 Å². The summed E-state index contributed by atoms with van der Waals surface area (Å²) in [6.07, 6.45) is 1.21. The number of halogens is 1. The number of nitrogens with one attached hydrogen (secondary N) is 1. The van der Waals surface area contributed by atoms with Crippen LogP contribution in [0.1, 0.15) is 18.9 Å². The average Bonchev–Trinajstić information content (AvgIpc) is 2.32. The molecule has 0 aromatic heterocycles. The molecular formula is C13H19ClN2. The van der Waals surface area contributed by atoms with Crippen LogP contribution in [0.5, 0.6) is 0 Å². The van der Waals surface area contributed by atoms with Gasteiger partial charge in [-0.05, 0) is 24.1 Å². The second kappa shape index (κ2) is 5.67. The van der Waals surface area contributed by atoms with Gasteiger partial charge in [0.2, 0.25) is 0 Å². The molecular weight excluding hydrogens is 220 g/mol. The van der Waals surface area contributed by atoms with Crippen molar-refractivity contribution in [3.63, 3.8) is 0 Å². The Hall–Kier alpha value is -0.570. The van der Waals surface area contributed by atoms with Gasteiger partial charge in [-0.3, -0.25) is 4.90 Å². The lowest BCUT2D eigenvalue weighted by atomic mass is 10.1. The van der Waals surface area contributed by atoms with E-state index in [4.69, 9.17) is 11.6 Å². The second-order valence-electron chi connectivity index (χ2n) is 4.42. The van der Waals surface area contributed by atoms with E-state index in [2.05, 4.69) is 29.3 Å². The smallest absolute Gasteiger partial charge is 0.0406 e. The Bertz CT molecular complexity index is 323. The van der Waals surface area contributed by atoms with Gasteiger partial charge in [0.15, 0.2) is 0 Å². The Kier molecular flexibility index (Phi) is 4.22. The van der Waals surface area contributed by atoms with Crippen LogP contribution >= 0.6 is 11.6 Å². The van der Waals surface area contributed by atoms with E-state index in [0.29, 0.717) is 6.04 Å². The number of piperazine rings is 1. The Morgan fingerprint density at radius 2 is 2.12 bits per heavy atom. The van der Waals surface area contributed by atoms with Crippen molar-refractivity contribution < 1.29 is 0 Å². The Labute approximate surface area is 103 Å². The van der Waals surface area contributed by atoms with E-state index in [-0.39, 0.29) is 0 Å². The number of hydrogen-bond acceptors (Lipinski definition) is 2. The van der Waals surface area contributed by atoms with Crippen LogP contribution in [0.2, 0.25) is 5.02 Å². The van der Waals surface area contributed by atoms with Crippen LogP contribution in [-0.2, 0) is 6.54 Å². The van der Waals surface area contributed by atoms with Gasteiger partial charge in [0.05, 0.1) is 0 Å². The molecule has 1 heterocycles. The van der Waals surface area contributed by atoms with Gasteiger partial charge in [-0.1, -0.05) is 30.7 Å². The summed E-state index contributed by atoms with van der Waals surface area (Å²) in [4.78, 5) is 2.51. The van der Waals surface area contributed by atoms with E-state index in [1.165, 1.54) is 12.0 Å². The number of rotatable bonds is 3. The quantitative estimate of drug-likeness (QED) is 0.871. The first-order valence-electron chi connectivity index (χ1n) is 5.98. The van der Waals surface area contributed by atoms with Crippen LogP contribution in [0.15, 0.2) is 24.3 Å². The molecule has 3 heteroatoms. The molecule has 1 aromatic rings. The Morgan fingerprint density at radius 1 is 1.38 bits per heavy atom. The van der Waals surface area contributed by atoms with Crippen molar-refractivity contribution in [3.8, 4) is 0 Å². The van der Waals surface area contributed by atoms with Crippen LogP contribution < -0.4 is 5.32 Å². The molecule has 0 spiro atoms. The minimum Gasteiger partial charge on any atom is -0.311 e. The summed E-state index contributed by atoms with van der Waals surface area (Å²) in [5, 5.41) is 4.35. The lowest BCUT2D eigenvalue weighted by Gasteiger charge is -2.33. The zero-order valence-corrected chi connectivity index (χ0v) is 10.5. The summed E-state index contributed by atoms with van der Waals surface area (Å²) in [5.74, 6) is 0. The molecule has 88 valence electrons. The average molecular weight is 239 g/mol. The second-order valence-corrected chi connectivity index (χ2v) is 4.86. The van der Waals surface area contributed by atoms with Crippen molar-refractivity contribution in [1.82, 2.24) is 10.2 Å². The molecule has 1 aliphatic heterocycles. The maximum atomic E-state index is 5.88. The summed E-state index contributed by atoms with van der Waals surface area (Å²) in [6, 6.07) is 8.82. The highest BCUT2D eigenvalue weighted by Gasteiger charge is 2.17. The standard InChI is InChI=1S/C13H19ClN2/c1-2-13-10-16(8-7-15-13)9-11-3-5-12(14)6-4-11/h3-6,13,15H,2,7-10H2,1H3. The molecule has 1 aromatic carbocycles. The highest BCUT2D eigenvalue weighted by Crippen LogP contribution is 2.13. The molecule has 2 rings (SSSR count). The highest BCUT2D eigenvalue weighted by atomic mass is 35.5. The predicted molar refractivity (Wildman–Crippen MR) is 68.8 cm³/mol. The van der Waals surface area contributed by atoms with Crippen molar-refractivity contribution in [1.29, 1.82) is 0 Å². The molecule has 0 amide bonds. The van der Waals surface area contributed by atoms with E-state index in [0.717, 1.165) is 31.2 Å². The monoisotopic (exact) mass is 238 g/mol. The van der Waals surface area contributed by atoms with E-state index >= 15 is 0 Å².